The van der Waals surface area contributed by atoms with E-state index in [1.165, 1.54) is 0 Å². The van der Waals surface area contributed by atoms with Crippen molar-refractivity contribution < 1.29 is 5.11 Å². The molecule has 0 radical (unpaired) electrons. The Morgan fingerprint density at radius 3 is 2.79 bits per heavy atom. The Morgan fingerprint density at radius 2 is 2.03 bits per heavy atom. The number of rotatable bonds is 6. The monoisotopic (exact) mass is 432 g/mol. The SMILES string of the molecule is Nc1ncc2cc(-c3c(Cl)cccc3Cl)c(N3CC[C@@H](CNCCO)C3)nc2n1. The second kappa shape index (κ2) is 8.67. The van der Waals surface area contributed by atoms with Gasteiger partial charge in [-0.25, -0.2) is 9.97 Å². The summed E-state index contributed by atoms with van der Waals surface area (Å²) in [5.41, 5.74) is 7.91. The third kappa shape index (κ3) is 4.23. The molecule has 1 aromatic carbocycles. The van der Waals surface area contributed by atoms with Crippen molar-refractivity contribution in [3.8, 4) is 11.1 Å². The molecule has 0 unspecified atom stereocenters. The van der Waals surface area contributed by atoms with Gasteiger partial charge in [-0.1, -0.05) is 29.3 Å². The zero-order valence-electron chi connectivity index (χ0n) is 15.8. The third-order valence-electron chi connectivity index (χ3n) is 5.11. The number of aliphatic hydroxyl groups is 1. The molecule has 1 aliphatic heterocycles. The fourth-order valence-electron chi connectivity index (χ4n) is 3.72. The number of halogens is 2. The Labute approximate surface area is 178 Å². The molecule has 0 saturated carbocycles. The van der Waals surface area contributed by atoms with Crippen molar-refractivity contribution >= 4 is 46.0 Å². The van der Waals surface area contributed by atoms with Crippen molar-refractivity contribution in [2.24, 2.45) is 5.92 Å². The number of hydrogen-bond donors (Lipinski definition) is 3. The fraction of sp³-hybridized carbons (Fsp3) is 0.350. The van der Waals surface area contributed by atoms with Gasteiger partial charge in [-0.3, -0.25) is 0 Å². The molecule has 3 heterocycles. The second-order valence-corrected chi connectivity index (χ2v) is 7.94. The van der Waals surface area contributed by atoms with Crippen LogP contribution >= 0.6 is 23.2 Å². The summed E-state index contributed by atoms with van der Waals surface area (Å²) in [5, 5.41) is 14.2. The molecule has 4 rings (SSSR count). The molecule has 1 saturated heterocycles. The highest BCUT2D eigenvalue weighted by molar-refractivity contribution is 6.39. The van der Waals surface area contributed by atoms with Crippen LogP contribution in [0.4, 0.5) is 11.8 Å². The topological polar surface area (TPSA) is 100 Å². The van der Waals surface area contributed by atoms with Crippen LogP contribution in [-0.4, -0.2) is 52.8 Å². The van der Waals surface area contributed by atoms with Gasteiger partial charge in [0.15, 0.2) is 5.65 Å². The average Bonchev–Trinajstić information content (AvgIpc) is 3.16. The Morgan fingerprint density at radius 1 is 1.24 bits per heavy atom. The summed E-state index contributed by atoms with van der Waals surface area (Å²) in [6.45, 7) is 3.29. The number of benzene rings is 1. The van der Waals surface area contributed by atoms with Crippen LogP contribution in [0.1, 0.15) is 6.42 Å². The lowest BCUT2D eigenvalue weighted by molar-refractivity contribution is 0.289. The van der Waals surface area contributed by atoms with Crippen LogP contribution in [-0.2, 0) is 0 Å². The quantitative estimate of drug-likeness (QED) is 0.514. The van der Waals surface area contributed by atoms with Gasteiger partial charge in [-0.2, -0.15) is 4.98 Å². The van der Waals surface area contributed by atoms with Crippen molar-refractivity contribution in [3.05, 3.63) is 40.5 Å². The first kappa shape index (κ1) is 20.1. The van der Waals surface area contributed by atoms with Gasteiger partial charge in [-0.05, 0) is 37.1 Å². The third-order valence-corrected chi connectivity index (χ3v) is 5.74. The van der Waals surface area contributed by atoms with Gasteiger partial charge >= 0.3 is 0 Å². The van der Waals surface area contributed by atoms with Gasteiger partial charge in [-0.15, -0.1) is 0 Å². The molecule has 0 amide bonds. The van der Waals surface area contributed by atoms with Crippen LogP contribution in [0, 0.1) is 5.92 Å². The molecular weight excluding hydrogens is 411 g/mol. The highest BCUT2D eigenvalue weighted by Crippen LogP contribution is 2.41. The zero-order chi connectivity index (χ0) is 20.4. The highest BCUT2D eigenvalue weighted by Gasteiger charge is 2.27. The number of aliphatic hydroxyl groups excluding tert-OH is 1. The molecule has 0 aliphatic carbocycles. The lowest BCUT2D eigenvalue weighted by Gasteiger charge is -2.22. The van der Waals surface area contributed by atoms with Crippen molar-refractivity contribution in [2.45, 2.75) is 6.42 Å². The van der Waals surface area contributed by atoms with Crippen molar-refractivity contribution in [1.29, 1.82) is 0 Å². The molecule has 1 aliphatic rings. The summed E-state index contributed by atoms with van der Waals surface area (Å²) < 4.78 is 0. The molecular formula is C20H22Cl2N6O. The minimum atomic E-state index is 0.138. The number of anilines is 2. The predicted molar refractivity (Wildman–Crippen MR) is 117 cm³/mol. The van der Waals surface area contributed by atoms with Crippen LogP contribution in [0.25, 0.3) is 22.2 Å². The molecule has 2 aromatic heterocycles. The smallest absolute Gasteiger partial charge is 0.222 e. The van der Waals surface area contributed by atoms with E-state index in [0.29, 0.717) is 28.2 Å². The second-order valence-electron chi connectivity index (χ2n) is 7.13. The number of aromatic nitrogens is 3. The maximum Gasteiger partial charge on any atom is 0.222 e. The maximum absolute atomic E-state index is 8.98. The van der Waals surface area contributed by atoms with Crippen LogP contribution < -0.4 is 16.0 Å². The molecule has 152 valence electrons. The van der Waals surface area contributed by atoms with E-state index < -0.39 is 0 Å². The molecule has 0 bridgehead atoms. The van der Waals surface area contributed by atoms with Crippen LogP contribution in [0.2, 0.25) is 10.0 Å². The van der Waals surface area contributed by atoms with E-state index in [1.54, 1.807) is 6.20 Å². The number of nitrogens with one attached hydrogen (secondary N) is 1. The van der Waals surface area contributed by atoms with Gasteiger partial charge in [0.1, 0.15) is 5.82 Å². The minimum Gasteiger partial charge on any atom is -0.395 e. The van der Waals surface area contributed by atoms with Gasteiger partial charge in [0.2, 0.25) is 5.95 Å². The van der Waals surface area contributed by atoms with Crippen LogP contribution in [0.3, 0.4) is 0 Å². The number of nitrogens with zero attached hydrogens (tertiary/aromatic N) is 4. The number of pyridine rings is 1. The summed E-state index contributed by atoms with van der Waals surface area (Å²) in [5.74, 6) is 1.44. The summed E-state index contributed by atoms with van der Waals surface area (Å²) in [4.78, 5) is 15.4. The zero-order valence-corrected chi connectivity index (χ0v) is 17.3. The molecule has 1 fully saturated rings. The largest absolute Gasteiger partial charge is 0.395 e. The molecule has 4 N–H and O–H groups in total. The fourth-order valence-corrected chi connectivity index (χ4v) is 4.33. The Hall–Kier alpha value is -2.19. The first-order chi connectivity index (χ1) is 14.1. The predicted octanol–water partition coefficient (Wildman–Crippen LogP) is 2.99. The summed E-state index contributed by atoms with van der Waals surface area (Å²) in [6.07, 6.45) is 2.69. The van der Waals surface area contributed by atoms with E-state index in [0.717, 1.165) is 48.4 Å². The molecule has 3 aromatic rings. The van der Waals surface area contributed by atoms with E-state index in [2.05, 4.69) is 20.2 Å². The summed E-state index contributed by atoms with van der Waals surface area (Å²) in [7, 11) is 0. The lowest BCUT2D eigenvalue weighted by atomic mass is 10.0. The normalized spacial score (nSPS) is 16.7. The molecule has 1 atom stereocenters. The van der Waals surface area contributed by atoms with Crippen molar-refractivity contribution in [1.82, 2.24) is 20.3 Å². The first-order valence-electron chi connectivity index (χ1n) is 9.51. The van der Waals surface area contributed by atoms with E-state index in [1.807, 2.05) is 24.3 Å². The van der Waals surface area contributed by atoms with Gasteiger partial charge in [0.25, 0.3) is 0 Å². The van der Waals surface area contributed by atoms with Gasteiger partial charge in [0.05, 0.1) is 16.7 Å². The molecule has 9 heteroatoms. The maximum atomic E-state index is 8.98. The van der Waals surface area contributed by atoms with E-state index in [4.69, 9.17) is 39.0 Å². The molecule has 0 spiro atoms. The van der Waals surface area contributed by atoms with Gasteiger partial charge < -0.3 is 21.1 Å². The van der Waals surface area contributed by atoms with E-state index in [9.17, 15) is 0 Å². The number of fused-ring (bicyclic) bond motifs is 1. The van der Waals surface area contributed by atoms with Crippen molar-refractivity contribution in [2.75, 3.05) is 43.4 Å². The number of nitrogens with two attached hydrogens (primary N) is 1. The first-order valence-corrected chi connectivity index (χ1v) is 10.3. The summed E-state index contributed by atoms with van der Waals surface area (Å²) in [6, 6.07) is 7.44. The minimum absolute atomic E-state index is 0.138. The molecule has 7 nitrogen and oxygen atoms in total. The lowest BCUT2D eigenvalue weighted by Crippen LogP contribution is -2.28. The standard InChI is InChI=1S/C20H22Cl2N6O/c21-15-2-1-3-16(22)17(15)14-8-13-10-25-20(23)27-18(13)26-19(14)28-6-4-12(11-28)9-24-5-7-29/h1-3,8,10,12,24,29H,4-7,9,11H2,(H2,23,25,26,27)/t12-/m0/s1. The summed E-state index contributed by atoms with van der Waals surface area (Å²) >= 11 is 13.0. The van der Waals surface area contributed by atoms with Gasteiger partial charge in [0, 0.05) is 42.3 Å². The highest BCUT2D eigenvalue weighted by atomic mass is 35.5. The van der Waals surface area contributed by atoms with E-state index >= 15 is 0 Å². The average molecular weight is 433 g/mol. The molecule has 29 heavy (non-hydrogen) atoms. The Balaban J connectivity index is 1.77. The Kier molecular flexibility index (Phi) is 6.01. The van der Waals surface area contributed by atoms with Crippen LogP contribution in [0.15, 0.2) is 30.5 Å². The van der Waals surface area contributed by atoms with Crippen molar-refractivity contribution in [3.63, 3.8) is 0 Å². The van der Waals surface area contributed by atoms with Crippen LogP contribution in [0.5, 0.6) is 0 Å². The number of nitrogen functional groups attached to an aromatic ring is 1. The van der Waals surface area contributed by atoms with E-state index in [-0.39, 0.29) is 12.6 Å². The number of hydrogen-bond acceptors (Lipinski definition) is 7. The Bertz CT molecular complexity index is 1010.